The Kier molecular flexibility index (Phi) is 3.70. The maximum absolute atomic E-state index is 11.1. The summed E-state index contributed by atoms with van der Waals surface area (Å²) in [7, 11) is 0. The number of carbonyl (C=O) groups is 2. The van der Waals surface area contributed by atoms with E-state index in [0.717, 1.165) is 19.4 Å². The molecule has 0 aromatic carbocycles. The summed E-state index contributed by atoms with van der Waals surface area (Å²) in [6.45, 7) is 2.66. The molecule has 1 N–H and O–H groups in total. The van der Waals surface area contributed by atoms with Crippen molar-refractivity contribution in [3.05, 3.63) is 0 Å². The van der Waals surface area contributed by atoms with Crippen LogP contribution in [0.2, 0.25) is 0 Å². The van der Waals surface area contributed by atoms with Gasteiger partial charge in [0.25, 0.3) is 0 Å². The maximum atomic E-state index is 11.1. The minimum atomic E-state index is -0.916. The van der Waals surface area contributed by atoms with Crippen molar-refractivity contribution < 1.29 is 19.1 Å². The van der Waals surface area contributed by atoms with E-state index in [0.29, 0.717) is 0 Å². The first-order chi connectivity index (χ1) is 6.24. The van der Waals surface area contributed by atoms with E-state index in [1.54, 1.807) is 6.92 Å². The Hall–Kier alpha value is -1.10. The predicted octanol–water partition coefficient (Wildman–Crippen LogP) is 0.438. The molecule has 0 saturated carbocycles. The Bertz CT molecular complexity index is 198. The van der Waals surface area contributed by atoms with Crippen molar-refractivity contribution >= 4 is 12.1 Å². The van der Waals surface area contributed by atoms with E-state index < -0.39 is 12.1 Å². The van der Waals surface area contributed by atoms with Gasteiger partial charge in [0.2, 0.25) is 0 Å². The summed E-state index contributed by atoms with van der Waals surface area (Å²) in [6.07, 6.45) is 0.738. The zero-order valence-corrected chi connectivity index (χ0v) is 7.54. The fourth-order valence-electron chi connectivity index (χ4n) is 1.19. The van der Waals surface area contributed by atoms with Gasteiger partial charge in [0, 0.05) is 0 Å². The van der Waals surface area contributed by atoms with Crippen molar-refractivity contribution in [1.29, 1.82) is 0 Å². The van der Waals surface area contributed by atoms with Gasteiger partial charge in [-0.05, 0) is 26.3 Å². The van der Waals surface area contributed by atoms with Gasteiger partial charge in [0.05, 0.1) is 6.61 Å². The first kappa shape index (κ1) is 9.98. The maximum Gasteiger partial charge on any atom is 0.516 e. The molecule has 1 atom stereocenters. The van der Waals surface area contributed by atoms with Crippen LogP contribution in [0.1, 0.15) is 19.8 Å². The molecule has 1 aliphatic rings. The van der Waals surface area contributed by atoms with Crippen molar-refractivity contribution in [2.75, 3.05) is 13.2 Å². The molecular formula is C8H13NO4. The molecular weight excluding hydrogens is 174 g/mol. The van der Waals surface area contributed by atoms with Gasteiger partial charge in [0.1, 0.15) is 6.04 Å². The number of carbonyl (C=O) groups excluding carboxylic acids is 2. The third kappa shape index (κ3) is 3.02. The Morgan fingerprint density at radius 1 is 1.54 bits per heavy atom. The van der Waals surface area contributed by atoms with E-state index >= 15 is 0 Å². The fourth-order valence-corrected chi connectivity index (χ4v) is 1.19. The molecule has 0 aromatic heterocycles. The molecule has 0 amide bonds. The topological polar surface area (TPSA) is 64.6 Å². The highest BCUT2D eigenvalue weighted by atomic mass is 16.7. The second-order valence-corrected chi connectivity index (χ2v) is 2.75. The van der Waals surface area contributed by atoms with Crippen molar-refractivity contribution in [3.8, 4) is 0 Å². The predicted molar refractivity (Wildman–Crippen MR) is 44.1 cm³/mol. The first-order valence-electron chi connectivity index (χ1n) is 4.36. The zero-order chi connectivity index (χ0) is 9.68. The summed E-state index contributed by atoms with van der Waals surface area (Å²) in [6, 6.07) is -0.343. The van der Waals surface area contributed by atoms with E-state index in [1.807, 2.05) is 0 Å². The Morgan fingerprint density at radius 3 is 2.85 bits per heavy atom. The molecule has 0 spiro atoms. The lowest BCUT2D eigenvalue weighted by Gasteiger charge is -2.07. The normalized spacial score (nSPS) is 21.2. The minimum Gasteiger partial charge on any atom is -0.434 e. The fraction of sp³-hybridized carbons (Fsp3) is 0.750. The average molecular weight is 187 g/mol. The van der Waals surface area contributed by atoms with E-state index in [4.69, 9.17) is 0 Å². The van der Waals surface area contributed by atoms with E-state index in [-0.39, 0.29) is 12.6 Å². The summed E-state index contributed by atoms with van der Waals surface area (Å²) < 4.78 is 8.87. The molecule has 1 saturated heterocycles. The molecule has 0 bridgehead atoms. The largest absolute Gasteiger partial charge is 0.516 e. The summed E-state index contributed by atoms with van der Waals surface area (Å²) in [5.41, 5.74) is 0. The van der Waals surface area contributed by atoms with Gasteiger partial charge in [-0.3, -0.25) is 0 Å². The second-order valence-electron chi connectivity index (χ2n) is 2.75. The SMILES string of the molecule is CCOC(=O)OC(=O)[C@@H]1CCCN1. The van der Waals surface area contributed by atoms with E-state index in [9.17, 15) is 9.59 Å². The molecule has 0 aliphatic carbocycles. The molecule has 5 heteroatoms. The molecule has 1 heterocycles. The molecule has 13 heavy (non-hydrogen) atoms. The summed E-state index contributed by atoms with van der Waals surface area (Å²) in [5.74, 6) is -0.545. The van der Waals surface area contributed by atoms with Crippen LogP contribution < -0.4 is 5.32 Å². The van der Waals surface area contributed by atoms with Crippen LogP contribution in [0.4, 0.5) is 4.79 Å². The standard InChI is InChI=1S/C8H13NO4/c1-2-12-8(11)13-7(10)6-4-3-5-9-6/h6,9H,2-5H2,1H3/t6-/m0/s1. The lowest BCUT2D eigenvalue weighted by Crippen LogP contribution is -2.33. The molecule has 0 unspecified atom stereocenters. The quantitative estimate of drug-likeness (QED) is 0.502. The first-order valence-corrected chi connectivity index (χ1v) is 4.36. The molecule has 1 fully saturated rings. The Morgan fingerprint density at radius 2 is 2.31 bits per heavy atom. The van der Waals surface area contributed by atoms with Crippen LogP contribution in [0.15, 0.2) is 0 Å². The van der Waals surface area contributed by atoms with Crippen molar-refractivity contribution in [3.63, 3.8) is 0 Å². The summed E-state index contributed by atoms with van der Waals surface area (Å²) in [5, 5.41) is 2.92. The van der Waals surface area contributed by atoms with Crippen LogP contribution in [0, 0.1) is 0 Å². The monoisotopic (exact) mass is 187 g/mol. The number of rotatable bonds is 2. The molecule has 1 aliphatic heterocycles. The zero-order valence-electron chi connectivity index (χ0n) is 7.54. The van der Waals surface area contributed by atoms with Crippen LogP contribution in [0.25, 0.3) is 0 Å². The van der Waals surface area contributed by atoms with Crippen molar-refractivity contribution in [2.45, 2.75) is 25.8 Å². The summed E-state index contributed by atoms with van der Waals surface area (Å²) >= 11 is 0. The van der Waals surface area contributed by atoms with E-state index in [2.05, 4.69) is 14.8 Å². The number of nitrogens with one attached hydrogen (secondary N) is 1. The van der Waals surface area contributed by atoms with Crippen molar-refractivity contribution in [1.82, 2.24) is 5.32 Å². The molecule has 0 aromatic rings. The number of hydrogen-bond acceptors (Lipinski definition) is 5. The van der Waals surface area contributed by atoms with Gasteiger partial charge in [-0.2, -0.15) is 0 Å². The van der Waals surface area contributed by atoms with Gasteiger partial charge < -0.3 is 14.8 Å². The van der Waals surface area contributed by atoms with Gasteiger partial charge in [-0.25, -0.2) is 9.59 Å². The van der Waals surface area contributed by atoms with E-state index in [1.165, 1.54) is 0 Å². The lowest BCUT2D eigenvalue weighted by molar-refractivity contribution is -0.141. The molecule has 74 valence electrons. The third-order valence-corrected chi connectivity index (χ3v) is 1.79. The van der Waals surface area contributed by atoms with Crippen LogP contribution in [-0.2, 0) is 14.3 Å². The highest BCUT2D eigenvalue weighted by molar-refractivity contribution is 5.85. The van der Waals surface area contributed by atoms with Crippen molar-refractivity contribution in [2.24, 2.45) is 0 Å². The third-order valence-electron chi connectivity index (χ3n) is 1.79. The number of esters is 1. The van der Waals surface area contributed by atoms with Crippen LogP contribution in [0.3, 0.4) is 0 Å². The minimum absolute atomic E-state index is 0.213. The Balaban J connectivity index is 2.27. The van der Waals surface area contributed by atoms with Gasteiger partial charge in [-0.1, -0.05) is 0 Å². The van der Waals surface area contributed by atoms with Gasteiger partial charge >= 0.3 is 12.1 Å². The number of hydrogen-bond donors (Lipinski definition) is 1. The van der Waals surface area contributed by atoms with Gasteiger partial charge in [0.15, 0.2) is 0 Å². The number of ether oxygens (including phenoxy) is 2. The molecule has 5 nitrogen and oxygen atoms in total. The molecule has 1 rings (SSSR count). The van der Waals surface area contributed by atoms with Crippen LogP contribution in [0.5, 0.6) is 0 Å². The molecule has 0 radical (unpaired) electrons. The second kappa shape index (κ2) is 4.81. The van der Waals surface area contributed by atoms with Crippen LogP contribution >= 0.6 is 0 Å². The summed E-state index contributed by atoms with van der Waals surface area (Å²) in [4.78, 5) is 21.9. The highest BCUT2D eigenvalue weighted by Gasteiger charge is 2.25. The Labute approximate surface area is 76.4 Å². The smallest absolute Gasteiger partial charge is 0.434 e. The highest BCUT2D eigenvalue weighted by Crippen LogP contribution is 2.06. The van der Waals surface area contributed by atoms with Gasteiger partial charge in [-0.15, -0.1) is 0 Å². The van der Waals surface area contributed by atoms with Crippen LogP contribution in [-0.4, -0.2) is 31.3 Å². The lowest BCUT2D eigenvalue weighted by atomic mass is 10.2. The average Bonchev–Trinajstić information content (AvgIpc) is 2.55.